The van der Waals surface area contributed by atoms with Crippen LogP contribution in [0.2, 0.25) is 0 Å². The van der Waals surface area contributed by atoms with Gasteiger partial charge in [0.15, 0.2) is 0 Å². The number of rotatable bonds is 5. The van der Waals surface area contributed by atoms with Gasteiger partial charge in [0.2, 0.25) is 0 Å². The van der Waals surface area contributed by atoms with Gasteiger partial charge in [-0.1, -0.05) is 13.8 Å². The van der Waals surface area contributed by atoms with Crippen LogP contribution in [0, 0.1) is 0 Å². The van der Waals surface area contributed by atoms with E-state index in [-0.39, 0.29) is 6.04 Å². The molecule has 1 nitrogen and oxygen atoms in total. The largest absolute Gasteiger partial charge is 0.327 e. The Morgan fingerprint density at radius 1 is 1.50 bits per heavy atom. The van der Waals surface area contributed by atoms with E-state index >= 15 is 0 Å². The second-order valence-corrected chi connectivity index (χ2v) is 6.06. The van der Waals surface area contributed by atoms with Gasteiger partial charge in [-0.2, -0.15) is 11.3 Å². The number of hydrogen-bond donors (Lipinski definition) is 1. The van der Waals surface area contributed by atoms with E-state index in [4.69, 9.17) is 5.73 Å². The van der Waals surface area contributed by atoms with Gasteiger partial charge in [0.05, 0.1) is 0 Å². The lowest BCUT2D eigenvalue weighted by Gasteiger charge is -2.22. The SMILES string of the molecule is CCC(C)SC(c1ccsc1)C(C)N. The van der Waals surface area contributed by atoms with Crippen molar-refractivity contribution in [1.82, 2.24) is 0 Å². The topological polar surface area (TPSA) is 26.0 Å². The molecule has 3 atom stereocenters. The molecule has 2 N–H and O–H groups in total. The average Bonchev–Trinajstić information content (AvgIpc) is 2.65. The molecule has 0 saturated heterocycles. The molecule has 0 aliphatic rings. The zero-order valence-corrected chi connectivity index (χ0v) is 10.7. The molecule has 1 rings (SSSR count). The highest BCUT2D eigenvalue weighted by atomic mass is 32.2. The molecule has 0 amide bonds. The highest BCUT2D eigenvalue weighted by molar-refractivity contribution is 8.00. The maximum atomic E-state index is 6.01. The van der Waals surface area contributed by atoms with Gasteiger partial charge < -0.3 is 5.73 Å². The highest BCUT2D eigenvalue weighted by Crippen LogP contribution is 2.36. The van der Waals surface area contributed by atoms with Crippen LogP contribution >= 0.6 is 23.1 Å². The fourth-order valence-corrected chi connectivity index (χ4v) is 3.32. The highest BCUT2D eigenvalue weighted by Gasteiger charge is 2.19. The Kier molecular flexibility index (Phi) is 4.99. The third kappa shape index (κ3) is 3.30. The van der Waals surface area contributed by atoms with E-state index in [9.17, 15) is 0 Å². The van der Waals surface area contributed by atoms with Gasteiger partial charge in [0, 0.05) is 16.5 Å². The van der Waals surface area contributed by atoms with E-state index in [0.29, 0.717) is 10.5 Å². The first-order valence-corrected chi connectivity index (χ1v) is 6.96. The Morgan fingerprint density at radius 3 is 2.64 bits per heavy atom. The third-order valence-electron chi connectivity index (χ3n) is 2.30. The van der Waals surface area contributed by atoms with E-state index in [1.54, 1.807) is 11.3 Å². The second-order valence-electron chi connectivity index (χ2n) is 3.69. The molecule has 0 aliphatic carbocycles. The summed E-state index contributed by atoms with van der Waals surface area (Å²) in [6, 6.07) is 2.41. The zero-order valence-electron chi connectivity index (χ0n) is 9.07. The number of nitrogens with two attached hydrogens (primary N) is 1. The van der Waals surface area contributed by atoms with Crippen molar-refractivity contribution in [2.75, 3.05) is 0 Å². The minimum Gasteiger partial charge on any atom is -0.327 e. The van der Waals surface area contributed by atoms with Crippen LogP contribution < -0.4 is 5.73 Å². The van der Waals surface area contributed by atoms with Crippen molar-refractivity contribution >= 4 is 23.1 Å². The zero-order chi connectivity index (χ0) is 10.6. The summed E-state index contributed by atoms with van der Waals surface area (Å²) >= 11 is 3.74. The van der Waals surface area contributed by atoms with Gasteiger partial charge in [-0.05, 0) is 35.7 Å². The molecule has 14 heavy (non-hydrogen) atoms. The van der Waals surface area contributed by atoms with Crippen LogP contribution in [-0.4, -0.2) is 11.3 Å². The standard InChI is InChI=1S/C11H19NS2/c1-4-8(2)14-11(9(3)12)10-5-6-13-7-10/h5-9,11H,4,12H2,1-3H3. The molecule has 0 bridgehead atoms. The van der Waals surface area contributed by atoms with Crippen LogP contribution in [0.5, 0.6) is 0 Å². The number of thioether (sulfide) groups is 1. The average molecular weight is 229 g/mol. The van der Waals surface area contributed by atoms with Crippen molar-refractivity contribution in [2.45, 2.75) is 43.7 Å². The lowest BCUT2D eigenvalue weighted by atomic mass is 10.1. The predicted molar refractivity (Wildman–Crippen MR) is 68.1 cm³/mol. The molecule has 3 heteroatoms. The van der Waals surface area contributed by atoms with Crippen LogP contribution in [0.1, 0.15) is 38.0 Å². The maximum absolute atomic E-state index is 6.01. The Morgan fingerprint density at radius 2 is 2.21 bits per heavy atom. The Labute approximate surface area is 95.1 Å². The number of thiophene rings is 1. The summed E-state index contributed by atoms with van der Waals surface area (Å²) in [6.45, 7) is 6.59. The molecule has 1 heterocycles. The van der Waals surface area contributed by atoms with Crippen molar-refractivity contribution in [3.8, 4) is 0 Å². The molecule has 0 fully saturated rings. The molecular formula is C11H19NS2. The molecule has 1 aromatic heterocycles. The monoisotopic (exact) mass is 229 g/mol. The van der Waals surface area contributed by atoms with Crippen molar-refractivity contribution in [1.29, 1.82) is 0 Å². The first-order valence-electron chi connectivity index (χ1n) is 5.08. The molecule has 0 saturated carbocycles. The van der Waals surface area contributed by atoms with E-state index < -0.39 is 0 Å². The number of hydrogen-bond acceptors (Lipinski definition) is 3. The predicted octanol–water partition coefficient (Wildman–Crippen LogP) is 3.67. The van der Waals surface area contributed by atoms with Crippen molar-refractivity contribution in [3.05, 3.63) is 22.4 Å². The summed E-state index contributed by atoms with van der Waals surface area (Å²) in [5.74, 6) is 0. The molecule has 1 aromatic rings. The maximum Gasteiger partial charge on any atom is 0.0456 e. The summed E-state index contributed by atoms with van der Waals surface area (Å²) in [5, 5.41) is 5.48. The van der Waals surface area contributed by atoms with Crippen molar-refractivity contribution in [3.63, 3.8) is 0 Å². The van der Waals surface area contributed by atoms with Crippen LogP contribution in [-0.2, 0) is 0 Å². The summed E-state index contributed by atoms with van der Waals surface area (Å²) < 4.78 is 0. The first-order chi connectivity index (χ1) is 6.65. The van der Waals surface area contributed by atoms with Gasteiger partial charge >= 0.3 is 0 Å². The van der Waals surface area contributed by atoms with E-state index in [1.807, 2.05) is 11.8 Å². The molecule has 0 aromatic carbocycles. The normalized spacial score (nSPS) is 17.7. The van der Waals surface area contributed by atoms with Gasteiger partial charge in [-0.25, -0.2) is 0 Å². The minimum atomic E-state index is 0.226. The van der Waals surface area contributed by atoms with E-state index in [2.05, 4.69) is 37.6 Å². The lowest BCUT2D eigenvalue weighted by molar-refractivity contribution is 0.717. The molecular weight excluding hydrogens is 210 g/mol. The minimum absolute atomic E-state index is 0.226. The fraction of sp³-hybridized carbons (Fsp3) is 0.636. The van der Waals surface area contributed by atoms with Crippen LogP contribution in [0.25, 0.3) is 0 Å². The van der Waals surface area contributed by atoms with Crippen LogP contribution in [0.4, 0.5) is 0 Å². The third-order valence-corrected chi connectivity index (χ3v) is 4.80. The quantitative estimate of drug-likeness (QED) is 0.833. The Balaban J connectivity index is 2.66. The van der Waals surface area contributed by atoms with Crippen molar-refractivity contribution < 1.29 is 0 Å². The summed E-state index contributed by atoms with van der Waals surface area (Å²) in [6.07, 6.45) is 1.21. The van der Waals surface area contributed by atoms with Gasteiger partial charge in [-0.15, -0.1) is 11.8 Å². The second kappa shape index (κ2) is 5.79. The molecule has 0 aliphatic heterocycles. The van der Waals surface area contributed by atoms with Gasteiger partial charge in [0.1, 0.15) is 0 Å². The molecule has 80 valence electrons. The Hall–Kier alpha value is 0.01000. The molecule has 0 spiro atoms. The first kappa shape index (κ1) is 12.1. The van der Waals surface area contributed by atoms with Crippen molar-refractivity contribution in [2.24, 2.45) is 5.73 Å². The smallest absolute Gasteiger partial charge is 0.0456 e. The van der Waals surface area contributed by atoms with Gasteiger partial charge in [0.25, 0.3) is 0 Å². The summed E-state index contributed by atoms with van der Waals surface area (Å²) in [4.78, 5) is 0. The Bertz CT molecular complexity index is 244. The van der Waals surface area contributed by atoms with Crippen LogP contribution in [0.3, 0.4) is 0 Å². The summed E-state index contributed by atoms with van der Waals surface area (Å²) in [5.41, 5.74) is 7.40. The molecule has 0 radical (unpaired) electrons. The lowest BCUT2D eigenvalue weighted by Crippen LogP contribution is -2.23. The summed E-state index contributed by atoms with van der Waals surface area (Å²) in [7, 11) is 0. The fourth-order valence-electron chi connectivity index (χ4n) is 1.29. The van der Waals surface area contributed by atoms with Gasteiger partial charge in [-0.3, -0.25) is 0 Å². The van der Waals surface area contributed by atoms with E-state index in [0.717, 1.165) is 0 Å². The van der Waals surface area contributed by atoms with E-state index in [1.165, 1.54) is 12.0 Å². The van der Waals surface area contributed by atoms with Crippen LogP contribution in [0.15, 0.2) is 16.8 Å². The molecule has 3 unspecified atom stereocenters.